The van der Waals surface area contributed by atoms with Crippen LogP contribution in [0.1, 0.15) is 22.7 Å². The van der Waals surface area contributed by atoms with Crippen molar-refractivity contribution >= 4 is 11.6 Å². The first-order valence-corrected chi connectivity index (χ1v) is 7.88. The molecule has 2 nitrogen and oxygen atoms in total. The zero-order valence-electron chi connectivity index (χ0n) is 12.3. The van der Waals surface area contributed by atoms with E-state index in [1.165, 1.54) is 16.7 Å². The van der Waals surface area contributed by atoms with E-state index in [-0.39, 0.29) is 0 Å². The van der Waals surface area contributed by atoms with E-state index in [9.17, 15) is 0 Å². The molecule has 0 aromatic heterocycles. The molecule has 1 heterocycles. The maximum Gasteiger partial charge on any atom is 0.0602 e. The van der Waals surface area contributed by atoms with Gasteiger partial charge < -0.3 is 5.32 Å². The quantitative estimate of drug-likeness (QED) is 0.931. The van der Waals surface area contributed by atoms with Gasteiger partial charge in [-0.25, -0.2) is 0 Å². The van der Waals surface area contributed by atoms with Crippen molar-refractivity contribution in [1.82, 2.24) is 10.2 Å². The Bertz CT molecular complexity index is 526. The van der Waals surface area contributed by atoms with Crippen molar-refractivity contribution in [1.29, 1.82) is 0 Å². The Hall–Kier alpha value is -1.35. The van der Waals surface area contributed by atoms with Crippen LogP contribution in [-0.4, -0.2) is 31.1 Å². The predicted molar refractivity (Wildman–Crippen MR) is 88.9 cm³/mol. The van der Waals surface area contributed by atoms with Crippen LogP contribution in [-0.2, 0) is 0 Å². The van der Waals surface area contributed by atoms with Gasteiger partial charge in [0.25, 0.3) is 0 Å². The van der Waals surface area contributed by atoms with Crippen LogP contribution in [0.5, 0.6) is 0 Å². The van der Waals surface area contributed by atoms with Crippen molar-refractivity contribution in [2.45, 2.75) is 13.0 Å². The van der Waals surface area contributed by atoms with Gasteiger partial charge in [0.15, 0.2) is 0 Å². The smallest absolute Gasteiger partial charge is 0.0602 e. The number of benzene rings is 2. The van der Waals surface area contributed by atoms with Gasteiger partial charge in [0.2, 0.25) is 0 Å². The fraction of sp³-hybridized carbons (Fsp3) is 0.333. The zero-order chi connectivity index (χ0) is 14.7. The predicted octanol–water partition coefficient (Wildman–Crippen LogP) is 3.64. The monoisotopic (exact) mass is 300 g/mol. The molecule has 1 unspecified atom stereocenters. The van der Waals surface area contributed by atoms with Crippen LogP contribution in [0.3, 0.4) is 0 Å². The van der Waals surface area contributed by atoms with Crippen LogP contribution in [0.15, 0.2) is 48.5 Å². The summed E-state index contributed by atoms with van der Waals surface area (Å²) in [6.45, 7) is 6.38. The lowest BCUT2D eigenvalue weighted by atomic mass is 9.96. The van der Waals surface area contributed by atoms with Gasteiger partial charge in [-0.05, 0) is 30.2 Å². The molecule has 2 aromatic rings. The third-order valence-corrected chi connectivity index (χ3v) is 4.35. The van der Waals surface area contributed by atoms with Crippen molar-refractivity contribution < 1.29 is 0 Å². The Balaban J connectivity index is 1.97. The topological polar surface area (TPSA) is 15.3 Å². The summed E-state index contributed by atoms with van der Waals surface area (Å²) in [6.07, 6.45) is 0. The summed E-state index contributed by atoms with van der Waals surface area (Å²) in [4.78, 5) is 2.55. The van der Waals surface area contributed by atoms with Crippen molar-refractivity contribution in [2.75, 3.05) is 26.2 Å². The molecule has 2 aromatic carbocycles. The molecular weight excluding hydrogens is 280 g/mol. The fourth-order valence-corrected chi connectivity index (χ4v) is 3.07. The fourth-order valence-electron chi connectivity index (χ4n) is 2.95. The number of aryl methyl sites for hydroxylation is 1. The molecule has 110 valence electrons. The standard InChI is InChI=1S/C18H21ClN2/c1-14-2-4-15(5-3-14)18(21-12-10-20-11-13-21)16-6-8-17(19)9-7-16/h2-9,18,20H,10-13H2,1H3. The minimum absolute atomic E-state index is 0.310. The Morgan fingerprint density at radius 1 is 0.905 bits per heavy atom. The van der Waals surface area contributed by atoms with Crippen molar-refractivity contribution in [3.8, 4) is 0 Å². The number of hydrogen-bond donors (Lipinski definition) is 1. The second-order valence-corrected chi connectivity index (χ2v) is 6.09. The molecule has 1 atom stereocenters. The number of piperazine rings is 1. The third-order valence-electron chi connectivity index (χ3n) is 4.10. The Morgan fingerprint density at radius 2 is 1.43 bits per heavy atom. The number of rotatable bonds is 3. The van der Waals surface area contributed by atoms with Gasteiger partial charge in [0, 0.05) is 31.2 Å². The van der Waals surface area contributed by atoms with Gasteiger partial charge in [0.05, 0.1) is 6.04 Å². The van der Waals surface area contributed by atoms with Crippen LogP contribution < -0.4 is 5.32 Å². The van der Waals surface area contributed by atoms with Gasteiger partial charge in [-0.1, -0.05) is 53.6 Å². The lowest BCUT2D eigenvalue weighted by Crippen LogP contribution is -2.45. The van der Waals surface area contributed by atoms with Crippen LogP contribution in [0.4, 0.5) is 0 Å². The number of hydrogen-bond acceptors (Lipinski definition) is 2. The van der Waals surface area contributed by atoms with Crippen LogP contribution in [0.2, 0.25) is 5.02 Å². The molecular formula is C18H21ClN2. The molecule has 3 rings (SSSR count). The highest BCUT2D eigenvalue weighted by atomic mass is 35.5. The van der Waals surface area contributed by atoms with Gasteiger partial charge in [-0.2, -0.15) is 0 Å². The molecule has 21 heavy (non-hydrogen) atoms. The van der Waals surface area contributed by atoms with E-state index >= 15 is 0 Å². The molecule has 0 bridgehead atoms. The summed E-state index contributed by atoms with van der Waals surface area (Å²) in [6, 6.07) is 17.5. The highest BCUT2D eigenvalue weighted by Crippen LogP contribution is 2.30. The first kappa shape index (κ1) is 14.6. The van der Waals surface area contributed by atoms with Crippen molar-refractivity contribution in [3.05, 3.63) is 70.2 Å². The van der Waals surface area contributed by atoms with Gasteiger partial charge in [0.1, 0.15) is 0 Å². The van der Waals surface area contributed by atoms with Gasteiger partial charge >= 0.3 is 0 Å². The lowest BCUT2D eigenvalue weighted by Gasteiger charge is -2.35. The molecule has 0 spiro atoms. The summed E-state index contributed by atoms with van der Waals surface area (Å²) in [5.74, 6) is 0. The molecule has 1 N–H and O–H groups in total. The summed E-state index contributed by atoms with van der Waals surface area (Å²) < 4.78 is 0. The Kier molecular flexibility index (Phi) is 4.59. The minimum Gasteiger partial charge on any atom is -0.314 e. The van der Waals surface area contributed by atoms with Crippen molar-refractivity contribution in [3.63, 3.8) is 0 Å². The first-order chi connectivity index (χ1) is 10.2. The maximum atomic E-state index is 6.05. The second-order valence-electron chi connectivity index (χ2n) is 5.65. The highest BCUT2D eigenvalue weighted by Gasteiger charge is 2.23. The normalized spacial score (nSPS) is 17.6. The Morgan fingerprint density at radius 3 is 2.00 bits per heavy atom. The maximum absolute atomic E-state index is 6.05. The van der Waals surface area contributed by atoms with Gasteiger partial charge in [-0.3, -0.25) is 4.90 Å². The molecule has 0 aliphatic carbocycles. The minimum atomic E-state index is 0.310. The van der Waals surface area contributed by atoms with E-state index in [1.807, 2.05) is 12.1 Å². The number of nitrogens with one attached hydrogen (secondary N) is 1. The van der Waals surface area contributed by atoms with Crippen molar-refractivity contribution in [2.24, 2.45) is 0 Å². The van der Waals surface area contributed by atoms with E-state index in [2.05, 4.69) is 53.5 Å². The van der Waals surface area contributed by atoms with E-state index < -0.39 is 0 Å². The summed E-state index contributed by atoms with van der Waals surface area (Å²) in [7, 11) is 0. The molecule has 3 heteroatoms. The van der Waals surface area contributed by atoms with Crippen LogP contribution in [0, 0.1) is 6.92 Å². The summed E-state index contributed by atoms with van der Waals surface area (Å²) in [5.41, 5.74) is 3.96. The van der Waals surface area contributed by atoms with E-state index in [0.717, 1.165) is 31.2 Å². The highest BCUT2D eigenvalue weighted by molar-refractivity contribution is 6.30. The molecule has 1 saturated heterocycles. The van der Waals surface area contributed by atoms with E-state index in [1.54, 1.807) is 0 Å². The molecule has 0 amide bonds. The van der Waals surface area contributed by atoms with Crippen LogP contribution in [0.25, 0.3) is 0 Å². The van der Waals surface area contributed by atoms with E-state index in [0.29, 0.717) is 6.04 Å². The largest absolute Gasteiger partial charge is 0.314 e. The molecule has 1 aliphatic rings. The summed E-state index contributed by atoms with van der Waals surface area (Å²) in [5, 5.41) is 4.22. The number of nitrogens with zero attached hydrogens (tertiary/aromatic N) is 1. The average molecular weight is 301 g/mol. The number of halogens is 1. The van der Waals surface area contributed by atoms with Crippen LogP contribution >= 0.6 is 11.6 Å². The zero-order valence-corrected chi connectivity index (χ0v) is 13.1. The first-order valence-electron chi connectivity index (χ1n) is 7.51. The molecule has 0 radical (unpaired) electrons. The molecule has 0 saturated carbocycles. The average Bonchev–Trinajstić information content (AvgIpc) is 2.52. The Labute approximate surface area is 131 Å². The third kappa shape index (κ3) is 3.46. The molecule has 1 fully saturated rings. The molecule has 1 aliphatic heterocycles. The van der Waals surface area contributed by atoms with Gasteiger partial charge in [-0.15, -0.1) is 0 Å². The summed E-state index contributed by atoms with van der Waals surface area (Å²) >= 11 is 6.05. The lowest BCUT2D eigenvalue weighted by molar-refractivity contribution is 0.198. The second kappa shape index (κ2) is 6.61. The SMILES string of the molecule is Cc1ccc(C(c2ccc(Cl)cc2)N2CCNCC2)cc1. The van der Waals surface area contributed by atoms with E-state index in [4.69, 9.17) is 11.6 Å².